The number of halogens is 1. The van der Waals surface area contributed by atoms with Crippen molar-refractivity contribution in [3.8, 4) is 11.5 Å². The molecule has 0 aliphatic heterocycles. The number of hydrogen-bond donors (Lipinski definition) is 1. The Morgan fingerprint density at radius 2 is 1.80 bits per heavy atom. The molecule has 1 unspecified atom stereocenters. The van der Waals surface area contributed by atoms with Gasteiger partial charge in [-0.15, -0.1) is 0 Å². The van der Waals surface area contributed by atoms with E-state index in [0.717, 1.165) is 16.7 Å². The molecular weight excluding hydrogens is 257 g/mol. The molecule has 0 radical (unpaired) electrons. The largest absolute Gasteiger partial charge is 0.493 e. The van der Waals surface area contributed by atoms with E-state index >= 15 is 0 Å². The third-order valence-corrected chi connectivity index (χ3v) is 3.34. The van der Waals surface area contributed by atoms with Crippen LogP contribution in [0.5, 0.6) is 11.5 Å². The molecule has 0 bridgehead atoms. The van der Waals surface area contributed by atoms with Gasteiger partial charge in [0, 0.05) is 5.56 Å². The van der Waals surface area contributed by atoms with E-state index in [2.05, 4.69) is 0 Å². The smallest absolute Gasteiger partial charge is 0.165 e. The van der Waals surface area contributed by atoms with Gasteiger partial charge in [-0.1, -0.05) is 18.2 Å². The fraction of sp³-hybridized carbons (Fsp3) is 0.250. The van der Waals surface area contributed by atoms with E-state index in [1.807, 2.05) is 19.1 Å². The summed E-state index contributed by atoms with van der Waals surface area (Å²) in [4.78, 5) is 0. The van der Waals surface area contributed by atoms with E-state index in [1.165, 1.54) is 12.1 Å². The van der Waals surface area contributed by atoms with E-state index in [1.54, 1.807) is 26.4 Å². The van der Waals surface area contributed by atoms with Gasteiger partial charge in [-0.25, -0.2) is 4.39 Å². The molecule has 0 aromatic heterocycles. The van der Waals surface area contributed by atoms with Crippen molar-refractivity contribution in [2.75, 3.05) is 14.2 Å². The van der Waals surface area contributed by atoms with E-state index in [-0.39, 0.29) is 5.82 Å². The third-order valence-electron chi connectivity index (χ3n) is 3.34. The van der Waals surface area contributed by atoms with Gasteiger partial charge in [0.05, 0.1) is 20.3 Å². The topological polar surface area (TPSA) is 44.5 Å². The maximum Gasteiger partial charge on any atom is 0.165 e. The molecule has 0 amide bonds. The number of aryl methyl sites for hydroxylation is 1. The molecular formula is C16H18FNO2. The fourth-order valence-electron chi connectivity index (χ4n) is 2.27. The van der Waals surface area contributed by atoms with Crippen LogP contribution in [0.4, 0.5) is 4.39 Å². The van der Waals surface area contributed by atoms with Crippen molar-refractivity contribution in [1.82, 2.24) is 0 Å². The summed E-state index contributed by atoms with van der Waals surface area (Å²) in [5.74, 6) is 0.878. The Balaban J connectivity index is 2.53. The Kier molecular flexibility index (Phi) is 4.25. The van der Waals surface area contributed by atoms with Crippen molar-refractivity contribution in [2.24, 2.45) is 5.73 Å². The fourth-order valence-corrected chi connectivity index (χ4v) is 2.27. The maximum absolute atomic E-state index is 13.4. The monoisotopic (exact) mass is 275 g/mol. The second-order valence-electron chi connectivity index (χ2n) is 4.56. The molecule has 20 heavy (non-hydrogen) atoms. The van der Waals surface area contributed by atoms with Gasteiger partial charge in [0.15, 0.2) is 11.5 Å². The van der Waals surface area contributed by atoms with Gasteiger partial charge >= 0.3 is 0 Å². The normalized spacial score (nSPS) is 12.1. The Morgan fingerprint density at radius 3 is 2.45 bits per heavy atom. The minimum atomic E-state index is -0.476. The molecule has 2 rings (SSSR count). The number of rotatable bonds is 4. The summed E-state index contributed by atoms with van der Waals surface area (Å²) in [7, 11) is 3.13. The summed E-state index contributed by atoms with van der Waals surface area (Å²) in [5.41, 5.74) is 8.72. The van der Waals surface area contributed by atoms with Gasteiger partial charge < -0.3 is 15.2 Å². The van der Waals surface area contributed by atoms with E-state index < -0.39 is 6.04 Å². The summed E-state index contributed by atoms with van der Waals surface area (Å²) in [5, 5.41) is 0. The first-order valence-corrected chi connectivity index (χ1v) is 6.31. The highest BCUT2D eigenvalue weighted by atomic mass is 19.1. The van der Waals surface area contributed by atoms with Gasteiger partial charge in [-0.3, -0.25) is 0 Å². The molecule has 2 N–H and O–H groups in total. The highest BCUT2D eigenvalue weighted by Crippen LogP contribution is 2.36. The van der Waals surface area contributed by atoms with E-state index in [0.29, 0.717) is 11.5 Å². The minimum Gasteiger partial charge on any atom is -0.493 e. The Hall–Kier alpha value is -2.07. The van der Waals surface area contributed by atoms with Gasteiger partial charge in [0.25, 0.3) is 0 Å². The molecule has 0 aliphatic carbocycles. The van der Waals surface area contributed by atoms with Crippen LogP contribution in [0.1, 0.15) is 22.7 Å². The summed E-state index contributed by atoms with van der Waals surface area (Å²) < 4.78 is 24.1. The second kappa shape index (κ2) is 5.92. The molecule has 0 heterocycles. The van der Waals surface area contributed by atoms with Crippen molar-refractivity contribution in [3.63, 3.8) is 0 Å². The van der Waals surface area contributed by atoms with Crippen molar-refractivity contribution >= 4 is 0 Å². The predicted molar refractivity (Wildman–Crippen MR) is 76.7 cm³/mol. The van der Waals surface area contributed by atoms with Crippen LogP contribution in [0.2, 0.25) is 0 Å². The van der Waals surface area contributed by atoms with Gasteiger partial charge in [0.2, 0.25) is 0 Å². The summed E-state index contributed by atoms with van der Waals surface area (Å²) in [6.07, 6.45) is 0. The number of hydrogen-bond acceptors (Lipinski definition) is 3. The van der Waals surface area contributed by atoms with Crippen molar-refractivity contribution < 1.29 is 13.9 Å². The van der Waals surface area contributed by atoms with Gasteiger partial charge in [0.1, 0.15) is 5.82 Å². The lowest BCUT2D eigenvalue weighted by Crippen LogP contribution is -2.15. The van der Waals surface area contributed by atoms with Crippen molar-refractivity contribution in [3.05, 3.63) is 58.9 Å². The van der Waals surface area contributed by atoms with Crippen LogP contribution < -0.4 is 15.2 Å². The lowest BCUT2D eigenvalue weighted by atomic mass is 9.95. The first-order chi connectivity index (χ1) is 9.58. The van der Waals surface area contributed by atoms with Crippen LogP contribution in [-0.2, 0) is 0 Å². The van der Waals surface area contributed by atoms with Crippen LogP contribution >= 0.6 is 0 Å². The quantitative estimate of drug-likeness (QED) is 0.932. The Morgan fingerprint density at radius 1 is 1.05 bits per heavy atom. The molecule has 2 aromatic carbocycles. The number of nitrogens with two attached hydrogens (primary N) is 1. The third kappa shape index (κ3) is 2.60. The second-order valence-corrected chi connectivity index (χ2v) is 4.56. The molecule has 0 aliphatic rings. The molecule has 0 saturated carbocycles. The maximum atomic E-state index is 13.4. The Labute approximate surface area is 118 Å². The van der Waals surface area contributed by atoms with Crippen molar-refractivity contribution in [2.45, 2.75) is 13.0 Å². The molecule has 0 saturated heterocycles. The summed E-state index contributed by atoms with van der Waals surface area (Å²) in [6, 6.07) is 9.62. The van der Waals surface area contributed by atoms with Gasteiger partial charge in [-0.05, 0) is 36.2 Å². The first kappa shape index (κ1) is 14.3. The zero-order valence-corrected chi connectivity index (χ0v) is 11.8. The van der Waals surface area contributed by atoms with E-state index in [9.17, 15) is 4.39 Å². The lowest BCUT2D eigenvalue weighted by Gasteiger charge is -2.19. The molecule has 1 atom stereocenters. The molecule has 4 heteroatoms. The number of ether oxygens (including phenoxy) is 2. The minimum absolute atomic E-state index is 0.303. The SMILES string of the molecule is COc1cccc(C(N)c2cc(F)ccc2C)c1OC. The number of para-hydroxylation sites is 1. The summed E-state index contributed by atoms with van der Waals surface area (Å²) in [6.45, 7) is 1.90. The predicted octanol–water partition coefficient (Wildman–Crippen LogP) is 3.20. The van der Waals surface area contributed by atoms with E-state index in [4.69, 9.17) is 15.2 Å². The standard InChI is InChI=1S/C16H18FNO2/c1-10-7-8-11(17)9-13(10)15(18)12-5-4-6-14(19-2)16(12)20-3/h4-9,15H,18H2,1-3H3. The van der Waals surface area contributed by atoms with Crippen LogP contribution in [0.3, 0.4) is 0 Å². The van der Waals surface area contributed by atoms with Gasteiger partial charge in [-0.2, -0.15) is 0 Å². The summed E-state index contributed by atoms with van der Waals surface area (Å²) >= 11 is 0. The highest BCUT2D eigenvalue weighted by Gasteiger charge is 2.19. The average molecular weight is 275 g/mol. The lowest BCUT2D eigenvalue weighted by molar-refractivity contribution is 0.350. The van der Waals surface area contributed by atoms with Crippen molar-refractivity contribution in [1.29, 1.82) is 0 Å². The zero-order valence-electron chi connectivity index (χ0n) is 11.8. The van der Waals surface area contributed by atoms with Crippen LogP contribution in [0.25, 0.3) is 0 Å². The first-order valence-electron chi connectivity index (χ1n) is 6.31. The van der Waals surface area contributed by atoms with Crippen LogP contribution in [0, 0.1) is 12.7 Å². The molecule has 0 fully saturated rings. The Bertz CT molecular complexity index is 613. The molecule has 106 valence electrons. The molecule has 3 nitrogen and oxygen atoms in total. The molecule has 2 aromatic rings. The zero-order chi connectivity index (χ0) is 14.7. The van der Waals surface area contributed by atoms with Crippen LogP contribution in [-0.4, -0.2) is 14.2 Å². The highest BCUT2D eigenvalue weighted by molar-refractivity contribution is 5.51. The number of methoxy groups -OCH3 is 2. The average Bonchev–Trinajstić information content (AvgIpc) is 2.48. The number of benzene rings is 2. The molecule has 0 spiro atoms. The van der Waals surface area contributed by atoms with Crippen LogP contribution in [0.15, 0.2) is 36.4 Å².